The third kappa shape index (κ3) is 6.02. The average Bonchev–Trinajstić information content (AvgIpc) is 2.65. The van der Waals surface area contributed by atoms with Crippen molar-refractivity contribution in [3.63, 3.8) is 0 Å². The Balaban J connectivity index is 2.18. The maximum absolute atomic E-state index is 13.3. The number of ether oxygens (including phenoxy) is 1. The van der Waals surface area contributed by atoms with Crippen LogP contribution in [0.25, 0.3) is 0 Å². The van der Waals surface area contributed by atoms with Gasteiger partial charge in [-0.15, -0.1) is 0 Å². The minimum absolute atomic E-state index is 0.0106. The summed E-state index contributed by atoms with van der Waals surface area (Å²) in [5.74, 6) is -1.85. The van der Waals surface area contributed by atoms with Crippen molar-refractivity contribution in [3.8, 4) is 0 Å². The van der Waals surface area contributed by atoms with Crippen LogP contribution in [0.3, 0.4) is 0 Å². The van der Waals surface area contributed by atoms with Crippen LogP contribution in [0.15, 0.2) is 47.4 Å². The third-order valence-corrected chi connectivity index (χ3v) is 5.70. The normalized spacial score (nSPS) is 12.1. The Morgan fingerprint density at radius 2 is 1.86 bits per heavy atom. The van der Waals surface area contributed by atoms with Gasteiger partial charge in [-0.25, -0.2) is 17.6 Å². The number of sulfonamides is 1. The number of benzene rings is 2. The lowest BCUT2D eigenvalue weighted by Crippen LogP contribution is -2.35. The van der Waals surface area contributed by atoms with Crippen molar-refractivity contribution in [1.82, 2.24) is 5.32 Å². The Morgan fingerprint density at radius 3 is 2.52 bits per heavy atom. The summed E-state index contributed by atoms with van der Waals surface area (Å²) in [7, 11) is -4.07. The minimum atomic E-state index is -4.07. The maximum atomic E-state index is 13.3. The first-order valence-electron chi connectivity index (χ1n) is 8.98. The van der Waals surface area contributed by atoms with Gasteiger partial charge in [-0.2, -0.15) is 0 Å². The highest BCUT2D eigenvalue weighted by Crippen LogP contribution is 2.23. The van der Waals surface area contributed by atoms with Gasteiger partial charge < -0.3 is 10.1 Å². The highest BCUT2D eigenvalue weighted by Gasteiger charge is 2.21. The topological polar surface area (TPSA) is 102 Å². The van der Waals surface area contributed by atoms with Crippen molar-refractivity contribution >= 4 is 27.6 Å². The minimum Gasteiger partial charge on any atom is -0.452 e. The number of hydrogen-bond acceptors (Lipinski definition) is 5. The van der Waals surface area contributed by atoms with Gasteiger partial charge in [-0.1, -0.05) is 19.1 Å². The number of anilines is 1. The Morgan fingerprint density at radius 1 is 1.17 bits per heavy atom. The van der Waals surface area contributed by atoms with Gasteiger partial charge in [0.05, 0.1) is 16.1 Å². The van der Waals surface area contributed by atoms with Crippen LogP contribution >= 0.6 is 0 Å². The van der Waals surface area contributed by atoms with Crippen molar-refractivity contribution in [2.75, 3.05) is 11.3 Å². The number of halogens is 1. The van der Waals surface area contributed by atoms with E-state index in [1.54, 1.807) is 6.07 Å². The summed E-state index contributed by atoms with van der Waals surface area (Å²) < 4.78 is 46.0. The molecule has 0 bridgehead atoms. The fourth-order valence-electron chi connectivity index (χ4n) is 2.49. The molecule has 9 heteroatoms. The molecule has 2 rings (SSSR count). The molecular weight excluding hydrogens is 399 g/mol. The molecule has 0 radical (unpaired) electrons. The lowest BCUT2D eigenvalue weighted by Gasteiger charge is -2.14. The molecule has 2 aromatic rings. The fraction of sp³-hybridized carbons (Fsp3) is 0.300. The van der Waals surface area contributed by atoms with E-state index in [0.717, 1.165) is 24.6 Å². The van der Waals surface area contributed by atoms with Gasteiger partial charge in [0.2, 0.25) is 0 Å². The number of hydrogen-bond donors (Lipinski definition) is 2. The smallest absolute Gasteiger partial charge is 0.340 e. The Kier molecular flexibility index (Phi) is 7.33. The standard InChI is InChI=1S/C20H23FN2O5S/c1-4-14(3)22-19(24)12-28-20(25)16-7-5-6-8-17(16)23-29(26,27)18-10-9-15(21)11-13(18)2/h5-11,14,23H,4,12H2,1-3H3,(H,22,24)/t14-/m1/s1. The number of nitrogens with one attached hydrogen (secondary N) is 2. The molecule has 0 unspecified atom stereocenters. The van der Waals surface area contributed by atoms with Gasteiger partial charge in [-0.05, 0) is 56.2 Å². The summed E-state index contributed by atoms with van der Waals surface area (Å²) in [4.78, 5) is 24.0. The van der Waals surface area contributed by atoms with Crippen LogP contribution in [-0.2, 0) is 19.6 Å². The SMILES string of the molecule is CC[C@@H](C)NC(=O)COC(=O)c1ccccc1NS(=O)(=O)c1ccc(F)cc1C. The van der Waals surface area contributed by atoms with E-state index < -0.39 is 34.3 Å². The first kappa shape index (κ1) is 22.4. The molecule has 0 aliphatic carbocycles. The van der Waals surface area contributed by atoms with E-state index in [-0.39, 0.29) is 27.8 Å². The van der Waals surface area contributed by atoms with Crippen LogP contribution in [0.5, 0.6) is 0 Å². The molecule has 7 nitrogen and oxygen atoms in total. The number of carbonyl (C=O) groups excluding carboxylic acids is 2. The molecule has 1 amide bonds. The lowest BCUT2D eigenvalue weighted by atomic mass is 10.2. The van der Waals surface area contributed by atoms with Gasteiger partial charge in [-0.3, -0.25) is 9.52 Å². The summed E-state index contributed by atoms with van der Waals surface area (Å²) >= 11 is 0. The van der Waals surface area contributed by atoms with Crippen LogP contribution in [0.2, 0.25) is 0 Å². The lowest BCUT2D eigenvalue weighted by molar-refractivity contribution is -0.124. The summed E-state index contributed by atoms with van der Waals surface area (Å²) in [6.07, 6.45) is 0.729. The van der Waals surface area contributed by atoms with Crippen LogP contribution < -0.4 is 10.0 Å². The van der Waals surface area contributed by atoms with Crippen molar-refractivity contribution < 1.29 is 27.1 Å². The van der Waals surface area contributed by atoms with Gasteiger partial charge in [0.15, 0.2) is 6.61 Å². The van der Waals surface area contributed by atoms with Crippen LogP contribution in [0.1, 0.15) is 36.2 Å². The molecule has 0 heterocycles. The highest BCUT2D eigenvalue weighted by molar-refractivity contribution is 7.92. The number of carbonyl (C=O) groups is 2. The molecule has 2 aromatic carbocycles. The van der Waals surface area contributed by atoms with Crippen molar-refractivity contribution in [2.45, 2.75) is 38.1 Å². The van der Waals surface area contributed by atoms with E-state index >= 15 is 0 Å². The number of amides is 1. The van der Waals surface area contributed by atoms with Crippen LogP contribution in [-0.4, -0.2) is 32.9 Å². The predicted molar refractivity (Wildman–Crippen MR) is 107 cm³/mol. The van der Waals surface area contributed by atoms with E-state index in [4.69, 9.17) is 4.74 Å². The molecule has 0 fully saturated rings. The maximum Gasteiger partial charge on any atom is 0.340 e. The zero-order valence-corrected chi connectivity index (χ0v) is 17.2. The molecule has 0 aromatic heterocycles. The van der Waals surface area contributed by atoms with E-state index in [1.165, 1.54) is 25.1 Å². The summed E-state index contributed by atoms with van der Waals surface area (Å²) in [5.41, 5.74) is 0.162. The molecule has 29 heavy (non-hydrogen) atoms. The van der Waals surface area contributed by atoms with E-state index in [0.29, 0.717) is 0 Å². The van der Waals surface area contributed by atoms with Crippen LogP contribution in [0, 0.1) is 12.7 Å². The molecule has 0 aliphatic rings. The Bertz CT molecular complexity index is 1010. The van der Waals surface area contributed by atoms with E-state index in [9.17, 15) is 22.4 Å². The van der Waals surface area contributed by atoms with Gasteiger partial charge in [0.1, 0.15) is 5.82 Å². The zero-order chi connectivity index (χ0) is 21.6. The fourth-order valence-corrected chi connectivity index (χ4v) is 3.80. The number of aryl methyl sites for hydroxylation is 1. The van der Waals surface area contributed by atoms with E-state index in [2.05, 4.69) is 10.0 Å². The second-order valence-corrected chi connectivity index (χ2v) is 8.16. The zero-order valence-electron chi connectivity index (χ0n) is 16.4. The molecule has 0 aliphatic heterocycles. The molecule has 1 atom stereocenters. The molecule has 0 spiro atoms. The summed E-state index contributed by atoms with van der Waals surface area (Å²) in [6, 6.07) is 9.09. The summed E-state index contributed by atoms with van der Waals surface area (Å²) in [6.45, 7) is 4.71. The Hall–Kier alpha value is -2.94. The highest BCUT2D eigenvalue weighted by atomic mass is 32.2. The van der Waals surface area contributed by atoms with Gasteiger partial charge in [0, 0.05) is 6.04 Å². The van der Waals surface area contributed by atoms with E-state index in [1.807, 2.05) is 13.8 Å². The molecular formula is C20H23FN2O5S. The number of para-hydroxylation sites is 1. The monoisotopic (exact) mass is 422 g/mol. The second-order valence-electron chi connectivity index (χ2n) is 6.51. The van der Waals surface area contributed by atoms with Crippen molar-refractivity contribution in [1.29, 1.82) is 0 Å². The quantitative estimate of drug-likeness (QED) is 0.637. The van der Waals surface area contributed by atoms with Crippen molar-refractivity contribution in [3.05, 3.63) is 59.4 Å². The second kappa shape index (κ2) is 9.51. The molecule has 2 N–H and O–H groups in total. The molecule has 0 saturated heterocycles. The first-order chi connectivity index (χ1) is 13.6. The van der Waals surface area contributed by atoms with Crippen molar-refractivity contribution in [2.24, 2.45) is 0 Å². The predicted octanol–water partition coefficient (Wildman–Crippen LogP) is 3.01. The summed E-state index contributed by atoms with van der Waals surface area (Å²) in [5, 5.41) is 2.66. The molecule has 156 valence electrons. The van der Waals surface area contributed by atoms with Gasteiger partial charge >= 0.3 is 5.97 Å². The first-order valence-corrected chi connectivity index (χ1v) is 10.5. The Labute approximate surface area is 169 Å². The number of rotatable bonds is 8. The number of esters is 1. The largest absolute Gasteiger partial charge is 0.452 e. The average molecular weight is 422 g/mol. The molecule has 0 saturated carbocycles. The third-order valence-electron chi connectivity index (χ3n) is 4.17. The van der Waals surface area contributed by atoms with Crippen LogP contribution in [0.4, 0.5) is 10.1 Å². The van der Waals surface area contributed by atoms with Gasteiger partial charge in [0.25, 0.3) is 15.9 Å².